The Morgan fingerprint density at radius 2 is 0.814 bits per heavy atom. The average Bonchev–Trinajstić information content (AvgIpc) is 4.18. The Bertz CT molecular complexity index is 4580. The molecule has 15 rings (SSSR count). The van der Waals surface area contributed by atoms with Crippen LogP contribution < -0.4 is 0 Å². The van der Waals surface area contributed by atoms with Gasteiger partial charge in [-0.25, -0.2) is 4.98 Å². The van der Waals surface area contributed by atoms with Crippen LogP contribution in [0.5, 0.6) is 0 Å². The molecule has 10 aromatic carbocycles. The normalized spacial score (nSPS) is 12.0. The highest BCUT2D eigenvalue weighted by Gasteiger charge is 2.23. The molecule has 5 heteroatoms. The van der Waals surface area contributed by atoms with Crippen molar-refractivity contribution in [2.75, 3.05) is 0 Å². The zero-order valence-electron chi connectivity index (χ0n) is 37.7. The van der Waals surface area contributed by atoms with Crippen LogP contribution in [-0.4, -0.2) is 14.1 Å². The lowest BCUT2D eigenvalue weighted by atomic mass is 9.96. The highest BCUT2D eigenvalue weighted by atomic mass is 16.3. The van der Waals surface area contributed by atoms with Crippen LogP contribution in [0.3, 0.4) is 0 Å². The lowest BCUT2D eigenvalue weighted by Gasteiger charge is -2.12. The summed E-state index contributed by atoms with van der Waals surface area (Å²) in [4.78, 5) is 5.40. The fraction of sp³-hybridized carbons (Fsp3) is 0. The molecule has 0 saturated carbocycles. The Hall–Kier alpha value is -9.45. The third kappa shape index (κ3) is 5.82. The fourth-order valence-electron chi connectivity index (χ4n) is 11.1. The number of fused-ring (bicyclic) bond motifs is 13. The molecule has 5 heterocycles. The van der Waals surface area contributed by atoms with E-state index >= 15 is 0 Å². The summed E-state index contributed by atoms with van der Waals surface area (Å²) in [6, 6.07) is 84.3. The quantitative estimate of drug-likeness (QED) is 0.167. The smallest absolute Gasteiger partial charge is 0.136 e. The number of hydrogen-bond acceptors (Lipinski definition) is 3. The molecule has 0 fully saturated rings. The van der Waals surface area contributed by atoms with Crippen LogP contribution in [0.4, 0.5) is 0 Å². The minimum absolute atomic E-state index is 0.820. The predicted molar refractivity (Wildman–Crippen MR) is 289 cm³/mol. The van der Waals surface area contributed by atoms with Crippen LogP contribution in [0.15, 0.2) is 245 Å². The van der Waals surface area contributed by atoms with E-state index in [1.807, 2.05) is 18.2 Å². The summed E-state index contributed by atoms with van der Waals surface area (Å²) in [5.41, 5.74) is 18.5. The van der Waals surface area contributed by atoms with Gasteiger partial charge in [0.05, 0.1) is 33.5 Å². The number of aromatic nitrogens is 3. The standard InChI is InChI=1S/C65H39N3O2/c1-4-15-40(16-5-1)55-37-44(43-27-30-49-48-22-11-13-25-59(48)70-62(49)39-43)38-56(66-55)52-23-14-26-61-63(52)54-36-42(29-34-60(54)69-61)41-28-33-58-53(35-41)51-32-31-50-47-21-10-12-24-57(47)67(45-17-6-2-7-18-45)64(50)65(51)68(58)46-19-8-3-9-20-46/h1-39H. The summed E-state index contributed by atoms with van der Waals surface area (Å²) >= 11 is 0. The monoisotopic (exact) mass is 893 g/mol. The molecule has 0 saturated heterocycles. The molecule has 0 bridgehead atoms. The predicted octanol–water partition coefficient (Wildman–Crippen LogP) is 17.7. The molecule has 0 unspecified atom stereocenters. The number of rotatable bonds is 6. The number of furan rings is 2. The second-order valence-electron chi connectivity index (χ2n) is 18.2. The average molecular weight is 894 g/mol. The van der Waals surface area contributed by atoms with Gasteiger partial charge in [-0.1, -0.05) is 146 Å². The van der Waals surface area contributed by atoms with E-state index in [0.717, 1.165) is 106 Å². The third-order valence-electron chi connectivity index (χ3n) is 14.3. The van der Waals surface area contributed by atoms with Crippen molar-refractivity contribution >= 4 is 87.5 Å². The van der Waals surface area contributed by atoms with Gasteiger partial charge in [0, 0.05) is 65.6 Å². The molecule has 0 radical (unpaired) electrons. The van der Waals surface area contributed by atoms with Crippen molar-refractivity contribution in [3.8, 4) is 56.1 Å². The molecule has 5 aromatic heterocycles. The Labute approximate surface area is 401 Å². The topological polar surface area (TPSA) is 49.0 Å². The summed E-state index contributed by atoms with van der Waals surface area (Å²) in [7, 11) is 0. The molecule has 0 amide bonds. The van der Waals surface area contributed by atoms with Gasteiger partial charge < -0.3 is 18.0 Å². The van der Waals surface area contributed by atoms with Crippen LogP contribution in [0.1, 0.15) is 0 Å². The van der Waals surface area contributed by atoms with Gasteiger partial charge in [0.2, 0.25) is 0 Å². The third-order valence-corrected chi connectivity index (χ3v) is 14.3. The van der Waals surface area contributed by atoms with Crippen LogP contribution in [0.25, 0.3) is 144 Å². The first-order valence-electron chi connectivity index (χ1n) is 23.8. The summed E-state index contributed by atoms with van der Waals surface area (Å²) in [6.07, 6.45) is 0. The second-order valence-corrected chi connectivity index (χ2v) is 18.2. The fourth-order valence-corrected chi connectivity index (χ4v) is 11.1. The maximum atomic E-state index is 6.66. The van der Waals surface area contributed by atoms with Crippen molar-refractivity contribution in [3.05, 3.63) is 237 Å². The maximum absolute atomic E-state index is 6.66. The van der Waals surface area contributed by atoms with E-state index in [-0.39, 0.29) is 0 Å². The summed E-state index contributed by atoms with van der Waals surface area (Å²) in [6.45, 7) is 0. The van der Waals surface area contributed by atoms with Crippen LogP contribution >= 0.6 is 0 Å². The van der Waals surface area contributed by atoms with Crippen molar-refractivity contribution < 1.29 is 8.83 Å². The number of benzene rings is 10. The zero-order chi connectivity index (χ0) is 45.9. The molecule has 5 nitrogen and oxygen atoms in total. The van der Waals surface area contributed by atoms with Crippen molar-refractivity contribution in [2.24, 2.45) is 0 Å². The highest BCUT2D eigenvalue weighted by molar-refractivity contribution is 6.24. The minimum Gasteiger partial charge on any atom is -0.456 e. The van der Waals surface area contributed by atoms with Crippen molar-refractivity contribution in [3.63, 3.8) is 0 Å². The van der Waals surface area contributed by atoms with E-state index in [9.17, 15) is 0 Å². The summed E-state index contributed by atoms with van der Waals surface area (Å²) in [5, 5.41) is 9.15. The first-order chi connectivity index (χ1) is 34.7. The van der Waals surface area contributed by atoms with E-state index in [1.165, 1.54) is 38.1 Å². The molecular formula is C65H39N3O2. The largest absolute Gasteiger partial charge is 0.456 e. The van der Waals surface area contributed by atoms with Crippen molar-refractivity contribution in [1.29, 1.82) is 0 Å². The van der Waals surface area contributed by atoms with Gasteiger partial charge in [-0.2, -0.15) is 0 Å². The molecule has 0 spiro atoms. The van der Waals surface area contributed by atoms with E-state index in [1.54, 1.807) is 0 Å². The lowest BCUT2D eigenvalue weighted by Crippen LogP contribution is -1.98. The molecule has 0 aliphatic heterocycles. The van der Waals surface area contributed by atoms with Crippen LogP contribution in [0.2, 0.25) is 0 Å². The summed E-state index contributed by atoms with van der Waals surface area (Å²) < 4.78 is 17.9. The van der Waals surface area contributed by atoms with Gasteiger partial charge in [0.25, 0.3) is 0 Å². The van der Waals surface area contributed by atoms with Gasteiger partial charge in [-0.05, 0) is 113 Å². The van der Waals surface area contributed by atoms with E-state index < -0.39 is 0 Å². The zero-order valence-corrected chi connectivity index (χ0v) is 37.7. The van der Waals surface area contributed by atoms with E-state index in [0.29, 0.717) is 0 Å². The number of pyridine rings is 1. The molecule has 326 valence electrons. The first-order valence-corrected chi connectivity index (χ1v) is 23.8. The van der Waals surface area contributed by atoms with Gasteiger partial charge in [0.15, 0.2) is 0 Å². The number of hydrogen-bond donors (Lipinski definition) is 0. The van der Waals surface area contributed by atoms with Crippen molar-refractivity contribution in [2.45, 2.75) is 0 Å². The number of nitrogens with zero attached hydrogens (tertiary/aromatic N) is 3. The van der Waals surface area contributed by atoms with Crippen LogP contribution in [0, 0.1) is 0 Å². The van der Waals surface area contributed by atoms with Crippen molar-refractivity contribution in [1.82, 2.24) is 14.1 Å². The Balaban J connectivity index is 0.928. The van der Waals surface area contributed by atoms with Crippen LogP contribution in [-0.2, 0) is 0 Å². The minimum atomic E-state index is 0.820. The molecule has 0 atom stereocenters. The van der Waals surface area contributed by atoms with E-state index in [4.69, 9.17) is 13.8 Å². The molecule has 15 aromatic rings. The van der Waals surface area contributed by atoms with Gasteiger partial charge in [-0.3, -0.25) is 0 Å². The number of para-hydroxylation sites is 4. The molecule has 70 heavy (non-hydrogen) atoms. The lowest BCUT2D eigenvalue weighted by molar-refractivity contribution is 0.668. The Kier molecular flexibility index (Phi) is 8.29. The molecule has 0 aliphatic carbocycles. The van der Waals surface area contributed by atoms with Gasteiger partial charge in [-0.15, -0.1) is 0 Å². The van der Waals surface area contributed by atoms with Gasteiger partial charge in [0.1, 0.15) is 22.3 Å². The molecule has 0 N–H and O–H groups in total. The Morgan fingerprint density at radius 3 is 1.59 bits per heavy atom. The highest BCUT2D eigenvalue weighted by Crippen LogP contribution is 2.45. The van der Waals surface area contributed by atoms with Gasteiger partial charge >= 0.3 is 0 Å². The first kappa shape index (κ1) is 38.6. The Morgan fingerprint density at radius 1 is 0.286 bits per heavy atom. The second kappa shape index (κ2) is 15.0. The van der Waals surface area contributed by atoms with E-state index in [2.05, 4.69) is 228 Å². The SMILES string of the molecule is c1ccc(-c2cc(-c3ccc4c(c3)oc3ccccc34)cc(-c3cccc4oc5ccc(-c6ccc7c(c6)c6ccc8c9ccccc9n(-c9ccccc9)c8c6n7-c6ccccc6)cc5c34)n2)cc1. The summed E-state index contributed by atoms with van der Waals surface area (Å²) in [5.74, 6) is 0. The maximum Gasteiger partial charge on any atom is 0.136 e. The molecule has 0 aliphatic rings. The molecular weight excluding hydrogens is 855 g/mol.